The molecule has 0 fully saturated rings. The van der Waals surface area contributed by atoms with E-state index >= 15 is 0 Å². The maximum absolute atomic E-state index is 4.82. The van der Waals surface area contributed by atoms with Crippen molar-refractivity contribution in [2.24, 2.45) is 14.1 Å². The third kappa shape index (κ3) is 9.17. The molecule has 112 heavy (non-hydrogen) atoms. The first-order valence-corrected chi connectivity index (χ1v) is 39.6. The predicted molar refractivity (Wildman–Crippen MR) is 466 cm³/mol. The number of hydrogen-bond acceptors (Lipinski definition) is 6. The molecule has 18 aromatic rings. The van der Waals surface area contributed by atoms with Crippen LogP contribution in [-0.4, -0.2) is 56.8 Å². The molecule has 13 heterocycles. The molecule has 0 bridgehead atoms. The van der Waals surface area contributed by atoms with Gasteiger partial charge in [0.1, 0.15) is 32.4 Å². The molecule has 0 atom stereocenters. The third-order valence-corrected chi connectivity index (χ3v) is 26.7. The Morgan fingerprint density at radius 3 is 1.36 bits per heavy atom. The smallest absolute Gasteiger partial charge is 0.264 e. The number of aromatic nitrogens is 8. The van der Waals surface area contributed by atoms with Gasteiger partial charge in [0.15, 0.2) is 23.6 Å². The van der Waals surface area contributed by atoms with Crippen LogP contribution in [0.15, 0.2) is 256 Å². The second-order valence-electron chi connectivity index (χ2n) is 32.6. The summed E-state index contributed by atoms with van der Waals surface area (Å²) in [6, 6.07) is 78.3. The Morgan fingerprint density at radius 1 is 0.286 bits per heavy atom. The maximum Gasteiger partial charge on any atom is 0.410 e. The van der Waals surface area contributed by atoms with Crippen molar-refractivity contribution in [3.05, 3.63) is 334 Å². The van der Waals surface area contributed by atoms with Crippen molar-refractivity contribution >= 4 is 157 Å². The van der Waals surface area contributed by atoms with E-state index in [0.29, 0.717) is 0 Å². The lowest BCUT2D eigenvalue weighted by Gasteiger charge is -2.36. The maximum atomic E-state index is 4.82. The summed E-state index contributed by atoms with van der Waals surface area (Å²) in [4.78, 5) is 28.5. The second-order valence-corrected chi connectivity index (χ2v) is 32.6. The van der Waals surface area contributed by atoms with Crippen molar-refractivity contribution in [2.75, 3.05) is 0 Å². The van der Waals surface area contributed by atoms with Crippen LogP contribution in [0.3, 0.4) is 0 Å². The highest BCUT2D eigenvalue weighted by Gasteiger charge is 2.50. The number of rotatable bonds is 0. The highest BCUT2D eigenvalue weighted by Crippen LogP contribution is 2.40. The summed E-state index contributed by atoms with van der Waals surface area (Å²) in [5.41, 5.74) is 46.1. The van der Waals surface area contributed by atoms with E-state index in [1.807, 2.05) is 6.20 Å². The predicted octanol–water partition coefficient (Wildman–Crippen LogP) is 11.1. The van der Waals surface area contributed by atoms with Crippen molar-refractivity contribution in [1.82, 2.24) is 29.9 Å². The molecule has 13 aromatic carbocycles. The third-order valence-electron chi connectivity index (χ3n) is 26.7. The molecule has 12 heteroatoms. The van der Waals surface area contributed by atoms with Crippen LogP contribution in [0, 0.1) is 41.5 Å². The molecule has 0 unspecified atom stereocenters. The topological polar surface area (TPSA) is 85.1 Å². The van der Waals surface area contributed by atoms with Crippen LogP contribution in [-0.2, 0) is 39.8 Å². The first kappa shape index (κ1) is 65.1. The quantitative estimate of drug-likeness (QED) is 0.111. The van der Waals surface area contributed by atoms with Gasteiger partial charge in [-0.05, 0) is 174 Å². The van der Waals surface area contributed by atoms with Crippen LogP contribution in [0.5, 0.6) is 0 Å². The fourth-order valence-corrected chi connectivity index (χ4v) is 22.2. The summed E-state index contributed by atoms with van der Waals surface area (Å²) in [5.74, 6) is 0. The number of benzene rings is 13. The van der Waals surface area contributed by atoms with Crippen molar-refractivity contribution in [3.63, 3.8) is 0 Å². The highest BCUT2D eigenvalue weighted by molar-refractivity contribution is 7.02. The van der Waals surface area contributed by atoms with Crippen LogP contribution >= 0.6 is 0 Å². The molecule has 0 amide bonds. The van der Waals surface area contributed by atoms with Crippen molar-refractivity contribution in [3.8, 4) is 44.8 Å². The Balaban J connectivity index is 0.0000000893. The zero-order valence-electron chi connectivity index (χ0n) is 64.0. The van der Waals surface area contributed by atoms with Gasteiger partial charge in [0, 0.05) is 65.6 Å². The SMILES string of the molecule is C[n+]1ccnc2c1B1c3c(cccc3-c3cccc4cc[n+](C)c1c34)C2.Cc1cc2ccccc2c2c1B1c3c(cncc3-c3cccc4ccc(C)c1c34)C2.Cc1cc2ccccc2c2c1B1c3c(ncnc3-c3cccc4ccc(C)c1c34)C2.Cc1cccc2c1B1c3c(ncnc3-c3cccc4ccc(C)c1c34)C2. The summed E-state index contributed by atoms with van der Waals surface area (Å²) in [6.45, 7) is 14.5. The molecule has 5 aromatic heterocycles. The van der Waals surface area contributed by atoms with E-state index in [-0.39, 0.29) is 26.9 Å². The molecular formula is C100H74B4N8+2. The molecular weight excluding hydrogens is 1360 g/mol. The molecule has 8 aliphatic rings. The van der Waals surface area contributed by atoms with E-state index in [9.17, 15) is 0 Å². The van der Waals surface area contributed by atoms with Gasteiger partial charge >= 0.3 is 6.71 Å². The highest BCUT2D eigenvalue weighted by atomic mass is 15.0. The Bertz CT molecular complexity index is 6880. The second kappa shape index (κ2) is 24.4. The molecule has 8 aliphatic heterocycles. The van der Waals surface area contributed by atoms with Crippen LogP contribution in [0.2, 0.25) is 0 Å². The van der Waals surface area contributed by atoms with E-state index < -0.39 is 0 Å². The molecule has 524 valence electrons. The van der Waals surface area contributed by atoms with E-state index in [4.69, 9.17) is 29.9 Å². The number of pyridine rings is 2. The fraction of sp³-hybridized carbons (Fsp3) is 0.120. The van der Waals surface area contributed by atoms with Gasteiger partial charge in [0.2, 0.25) is 20.1 Å². The zero-order valence-corrected chi connectivity index (χ0v) is 64.0. The number of aryl methyl sites for hydroxylation is 8. The summed E-state index contributed by atoms with van der Waals surface area (Å²) in [7, 11) is 4.32. The molecule has 0 radical (unpaired) electrons. The molecule has 0 saturated carbocycles. The number of nitrogens with zero attached hydrogens (tertiary/aromatic N) is 8. The average Bonchev–Trinajstić information content (AvgIpc) is 0.714. The number of fused-ring (bicyclic) bond motifs is 20. The van der Waals surface area contributed by atoms with Crippen LogP contribution in [0.1, 0.15) is 78.3 Å². The molecule has 8 nitrogen and oxygen atoms in total. The van der Waals surface area contributed by atoms with Gasteiger partial charge in [-0.25, -0.2) is 34.1 Å². The standard InChI is InChI=1S/C28H20BN.C27H19BN2.C23H17BN2.C22H18BN3/c1-16-10-11-18-7-5-9-22-24-15-30-14-20-13-23-21-8-4-3-6-19(21)12-17(2)26(23)29(28(20)24)27(16)25(18)22;1-15-10-11-17-7-5-9-20-23(17)25(15)28-24-16(2)12-18-6-3-4-8-19(18)21(24)13-22-26(28)27(20)30-14-29-22;1-13-5-3-7-16-11-18-22-23(26-12-25-18)17-8-4-6-15-10-9-14(2)21(19(15)17)24(22)20(13)16;1-25-11-9-14-5-3-7-16-17-8-4-6-15-13-18-21(26(2)12-10-24-18)23(20(15)17)22(25)19(14)16/h3-12,14-15H,13H2,1-2H3;3-12,14H,13H2,1-2H3;3-10,12H,11H2,1-2H3;3-12H,13H2,1-2H3/q;;;+2. The Hall–Kier alpha value is -12.8. The number of hydrogen-bond donors (Lipinski definition) is 0. The first-order valence-electron chi connectivity index (χ1n) is 39.6. The summed E-state index contributed by atoms with van der Waals surface area (Å²) >= 11 is 0. The first-order chi connectivity index (χ1) is 54.9. The van der Waals surface area contributed by atoms with Crippen molar-refractivity contribution in [2.45, 2.75) is 67.2 Å². The van der Waals surface area contributed by atoms with Gasteiger partial charge in [-0.3, -0.25) is 4.98 Å². The van der Waals surface area contributed by atoms with Gasteiger partial charge in [-0.2, -0.15) is 0 Å². The van der Waals surface area contributed by atoms with Gasteiger partial charge in [0.25, 0.3) is 0 Å². The Labute approximate surface area is 652 Å². The molecule has 26 rings (SSSR count). The van der Waals surface area contributed by atoms with Gasteiger partial charge in [-0.1, -0.05) is 278 Å². The lowest BCUT2D eigenvalue weighted by molar-refractivity contribution is -0.658. The van der Waals surface area contributed by atoms with Crippen LogP contribution in [0.25, 0.3) is 109 Å². The van der Waals surface area contributed by atoms with Crippen LogP contribution in [0.4, 0.5) is 0 Å². The summed E-state index contributed by atoms with van der Waals surface area (Å²) in [6.07, 6.45) is 17.5. The van der Waals surface area contributed by atoms with Crippen molar-refractivity contribution in [1.29, 1.82) is 0 Å². The largest absolute Gasteiger partial charge is 0.410 e. The van der Waals surface area contributed by atoms with Crippen LogP contribution < -0.4 is 74.9 Å². The van der Waals surface area contributed by atoms with Gasteiger partial charge in [0.05, 0.1) is 17.6 Å². The van der Waals surface area contributed by atoms with E-state index in [1.54, 1.807) is 12.7 Å². The summed E-state index contributed by atoms with van der Waals surface area (Å²) in [5, 5.41) is 16.2. The Morgan fingerprint density at radius 2 is 0.741 bits per heavy atom. The fourth-order valence-electron chi connectivity index (χ4n) is 22.2. The van der Waals surface area contributed by atoms with E-state index in [1.165, 1.54) is 242 Å². The Kier molecular flexibility index (Phi) is 14.2. The monoisotopic (exact) mass is 1430 g/mol. The zero-order chi connectivity index (χ0) is 74.8. The van der Waals surface area contributed by atoms with Gasteiger partial charge in [-0.15, -0.1) is 0 Å². The minimum Gasteiger partial charge on any atom is -0.264 e. The van der Waals surface area contributed by atoms with E-state index in [0.717, 1.165) is 37.1 Å². The summed E-state index contributed by atoms with van der Waals surface area (Å²) < 4.78 is 4.57. The average molecular weight is 1430 g/mol. The lowest BCUT2D eigenvalue weighted by Crippen LogP contribution is -2.74. The lowest BCUT2D eigenvalue weighted by atomic mass is 9.30. The molecule has 0 saturated heterocycles. The van der Waals surface area contributed by atoms with Gasteiger partial charge < -0.3 is 0 Å². The minimum atomic E-state index is 0.197. The normalized spacial score (nSPS) is 13.5. The minimum absolute atomic E-state index is 0.197. The van der Waals surface area contributed by atoms with E-state index in [2.05, 4.69) is 302 Å². The van der Waals surface area contributed by atoms with Crippen molar-refractivity contribution < 1.29 is 9.13 Å². The molecule has 0 N–H and O–H groups in total. The molecule has 0 aliphatic carbocycles. The molecule has 0 spiro atoms.